The Kier molecular flexibility index (Phi) is 5.55. The SMILES string of the molecule is CC1(C)c2ccccc2-c2ccc(C3(c4ccccc4)C=Cc4c5c(c6ccccc6c4O3)-c3ccccc3C53CCCCC3)cc21. The van der Waals surface area contributed by atoms with Gasteiger partial charge in [-0.05, 0) is 74.9 Å². The predicted molar refractivity (Wildman–Crippen MR) is 194 cm³/mol. The second-order valence-corrected chi connectivity index (χ2v) is 14.7. The van der Waals surface area contributed by atoms with E-state index in [1.54, 1.807) is 0 Å². The van der Waals surface area contributed by atoms with Crippen LogP contribution in [-0.4, -0.2) is 0 Å². The standard InChI is InChI=1S/C46H38O/c1-44(2)38-21-11-9-17-32(38)33-24-23-31(29-40(33)44)46(30-15-5-3-6-16-30)28-25-37-42-41(34-18-7-8-19-35(34)43(37)47-46)36-20-10-12-22-39(36)45(42)26-13-4-14-27-45/h3,5-12,15-25,28-29H,4,13-14,26-27H2,1-2H3. The van der Waals surface area contributed by atoms with Crippen molar-refractivity contribution in [2.45, 2.75) is 62.4 Å². The van der Waals surface area contributed by atoms with Gasteiger partial charge in [0.25, 0.3) is 0 Å². The van der Waals surface area contributed by atoms with Crippen molar-refractivity contribution in [3.8, 4) is 28.0 Å². The van der Waals surface area contributed by atoms with Gasteiger partial charge in [-0.15, -0.1) is 0 Å². The molecule has 1 nitrogen and oxygen atoms in total. The van der Waals surface area contributed by atoms with Gasteiger partial charge in [-0.2, -0.15) is 0 Å². The average Bonchev–Trinajstić information content (AvgIpc) is 3.54. The molecule has 0 saturated heterocycles. The fourth-order valence-electron chi connectivity index (χ4n) is 9.89. The molecule has 0 bridgehead atoms. The van der Waals surface area contributed by atoms with Gasteiger partial charge in [0.1, 0.15) is 5.75 Å². The highest BCUT2D eigenvalue weighted by molar-refractivity contribution is 6.08. The van der Waals surface area contributed by atoms with Crippen molar-refractivity contribution >= 4 is 16.8 Å². The van der Waals surface area contributed by atoms with Crippen LogP contribution in [0.5, 0.6) is 5.75 Å². The number of fused-ring (bicyclic) bond motifs is 13. The van der Waals surface area contributed by atoms with Crippen LogP contribution in [0.1, 0.15) is 84.9 Å². The van der Waals surface area contributed by atoms with Crippen LogP contribution in [0.25, 0.3) is 39.1 Å². The molecular weight excluding hydrogens is 569 g/mol. The topological polar surface area (TPSA) is 9.23 Å². The van der Waals surface area contributed by atoms with Crippen LogP contribution in [0.4, 0.5) is 0 Å². The van der Waals surface area contributed by atoms with E-state index in [9.17, 15) is 0 Å². The molecule has 47 heavy (non-hydrogen) atoms. The lowest BCUT2D eigenvalue weighted by Gasteiger charge is -2.41. The third-order valence-corrected chi connectivity index (χ3v) is 12.1. The molecule has 0 amide bonds. The molecule has 0 N–H and O–H groups in total. The molecule has 1 aliphatic heterocycles. The first-order valence-corrected chi connectivity index (χ1v) is 17.4. The molecule has 228 valence electrons. The first-order valence-electron chi connectivity index (χ1n) is 17.4. The zero-order valence-electron chi connectivity index (χ0n) is 27.1. The molecule has 1 atom stereocenters. The highest BCUT2D eigenvalue weighted by atomic mass is 16.5. The maximum atomic E-state index is 7.68. The van der Waals surface area contributed by atoms with E-state index in [1.807, 2.05) is 0 Å². The van der Waals surface area contributed by atoms with Crippen LogP contribution in [0, 0.1) is 0 Å². The van der Waals surface area contributed by atoms with Gasteiger partial charge in [0, 0.05) is 32.9 Å². The summed E-state index contributed by atoms with van der Waals surface area (Å²) in [5.41, 5.74) is 14.0. The van der Waals surface area contributed by atoms with E-state index < -0.39 is 5.60 Å². The molecule has 1 spiro atoms. The minimum atomic E-state index is -0.768. The van der Waals surface area contributed by atoms with Gasteiger partial charge < -0.3 is 4.74 Å². The molecule has 6 aromatic carbocycles. The van der Waals surface area contributed by atoms with Crippen molar-refractivity contribution in [3.05, 3.63) is 166 Å². The molecule has 6 aromatic rings. The second-order valence-electron chi connectivity index (χ2n) is 14.7. The van der Waals surface area contributed by atoms with Gasteiger partial charge in [-0.1, -0.05) is 154 Å². The Hall–Kier alpha value is -4.88. The van der Waals surface area contributed by atoms with Gasteiger partial charge >= 0.3 is 0 Å². The summed E-state index contributed by atoms with van der Waals surface area (Å²) in [6.07, 6.45) is 11.0. The molecule has 0 aromatic heterocycles. The second kappa shape index (κ2) is 9.58. The lowest BCUT2D eigenvalue weighted by Crippen LogP contribution is -2.36. The van der Waals surface area contributed by atoms with Crippen molar-refractivity contribution < 1.29 is 4.74 Å². The third kappa shape index (κ3) is 3.50. The maximum absolute atomic E-state index is 7.68. The molecule has 1 heterocycles. The Morgan fingerprint density at radius 2 is 1.21 bits per heavy atom. The largest absolute Gasteiger partial charge is 0.472 e. The van der Waals surface area contributed by atoms with E-state index in [4.69, 9.17) is 4.74 Å². The van der Waals surface area contributed by atoms with E-state index in [0.29, 0.717) is 0 Å². The van der Waals surface area contributed by atoms with Crippen molar-refractivity contribution in [2.75, 3.05) is 0 Å². The fourth-order valence-corrected chi connectivity index (χ4v) is 9.89. The third-order valence-electron chi connectivity index (χ3n) is 12.1. The Labute approximate surface area is 277 Å². The minimum absolute atomic E-state index is 0.0299. The highest BCUT2D eigenvalue weighted by Crippen LogP contribution is 2.62. The Morgan fingerprint density at radius 3 is 2.02 bits per heavy atom. The first-order chi connectivity index (χ1) is 23.0. The lowest BCUT2D eigenvalue weighted by molar-refractivity contribution is 0.163. The number of ether oxygens (including phenoxy) is 1. The van der Waals surface area contributed by atoms with Gasteiger partial charge in [-0.3, -0.25) is 0 Å². The predicted octanol–water partition coefficient (Wildman–Crippen LogP) is 11.7. The molecule has 1 unspecified atom stereocenters. The number of hydrogen-bond acceptors (Lipinski definition) is 1. The van der Waals surface area contributed by atoms with Gasteiger partial charge in [-0.25, -0.2) is 0 Å². The van der Waals surface area contributed by atoms with Gasteiger partial charge in [0.15, 0.2) is 5.60 Å². The summed E-state index contributed by atoms with van der Waals surface area (Å²) in [7, 11) is 0. The van der Waals surface area contributed by atoms with E-state index in [-0.39, 0.29) is 10.8 Å². The van der Waals surface area contributed by atoms with Crippen LogP contribution in [0.15, 0.2) is 127 Å². The smallest absolute Gasteiger partial charge is 0.178 e. The van der Waals surface area contributed by atoms with Crippen LogP contribution < -0.4 is 4.74 Å². The summed E-state index contributed by atoms with van der Waals surface area (Å²) >= 11 is 0. The van der Waals surface area contributed by atoms with E-state index in [0.717, 1.165) is 11.3 Å². The molecular formula is C46H38O. The quantitative estimate of drug-likeness (QED) is 0.191. The lowest BCUT2D eigenvalue weighted by atomic mass is 9.66. The van der Waals surface area contributed by atoms with Crippen LogP contribution >= 0.6 is 0 Å². The molecule has 3 aliphatic carbocycles. The molecule has 0 radical (unpaired) electrons. The van der Waals surface area contributed by atoms with Crippen molar-refractivity contribution in [3.63, 3.8) is 0 Å². The Morgan fingerprint density at radius 1 is 0.553 bits per heavy atom. The molecule has 1 fully saturated rings. The average molecular weight is 607 g/mol. The van der Waals surface area contributed by atoms with Crippen LogP contribution in [0.2, 0.25) is 0 Å². The molecule has 4 aliphatic rings. The molecule has 10 rings (SSSR count). The first kappa shape index (κ1) is 27.3. The van der Waals surface area contributed by atoms with Crippen LogP contribution in [-0.2, 0) is 16.4 Å². The monoisotopic (exact) mass is 606 g/mol. The number of rotatable bonds is 2. The molecule has 1 heteroatoms. The Bertz CT molecular complexity index is 2280. The van der Waals surface area contributed by atoms with E-state index in [2.05, 4.69) is 147 Å². The fraction of sp³-hybridized carbons (Fsp3) is 0.217. The van der Waals surface area contributed by atoms with Crippen molar-refractivity contribution in [1.29, 1.82) is 0 Å². The van der Waals surface area contributed by atoms with Crippen LogP contribution in [0.3, 0.4) is 0 Å². The van der Waals surface area contributed by atoms with Gasteiger partial charge in [0.05, 0.1) is 0 Å². The van der Waals surface area contributed by atoms with Gasteiger partial charge in [0.2, 0.25) is 0 Å². The minimum Gasteiger partial charge on any atom is -0.472 e. The molecule has 1 saturated carbocycles. The van der Waals surface area contributed by atoms with E-state index >= 15 is 0 Å². The summed E-state index contributed by atoms with van der Waals surface area (Å²) in [4.78, 5) is 0. The normalized spacial score (nSPS) is 20.6. The zero-order chi connectivity index (χ0) is 31.4. The van der Waals surface area contributed by atoms with Crippen molar-refractivity contribution in [1.82, 2.24) is 0 Å². The summed E-state index contributed by atoms with van der Waals surface area (Å²) in [5.74, 6) is 1.02. The maximum Gasteiger partial charge on any atom is 0.178 e. The zero-order valence-corrected chi connectivity index (χ0v) is 27.1. The van der Waals surface area contributed by atoms with E-state index in [1.165, 1.54) is 98.5 Å². The Balaban J connectivity index is 1.25. The van der Waals surface area contributed by atoms with Crippen molar-refractivity contribution in [2.24, 2.45) is 0 Å². The summed E-state index contributed by atoms with van der Waals surface area (Å²) in [6.45, 7) is 4.73. The number of hydrogen-bond donors (Lipinski definition) is 0. The summed E-state index contributed by atoms with van der Waals surface area (Å²) in [5, 5.41) is 2.50. The number of benzene rings is 6. The highest BCUT2D eigenvalue weighted by Gasteiger charge is 2.49. The summed E-state index contributed by atoms with van der Waals surface area (Å²) < 4.78 is 7.68. The summed E-state index contributed by atoms with van der Waals surface area (Å²) in [6, 6.07) is 45.1.